The standard InChI is InChI=1S/C24H19BrClN3O2/c1-31-23-10-9-18(25)12-21(23)24(30)28-27-13-17-15-29(22-8-3-2-7-20(17)22)14-16-5-4-6-19(26)11-16/h2-13,15H,14H2,1H3,(H,28,30)/b27-13-. The molecule has 0 aliphatic heterocycles. The molecule has 1 aromatic heterocycles. The number of fused-ring (bicyclic) bond motifs is 1. The smallest absolute Gasteiger partial charge is 0.275 e. The van der Waals surface area contributed by atoms with Crippen molar-refractivity contribution in [2.75, 3.05) is 7.11 Å². The van der Waals surface area contributed by atoms with Crippen molar-refractivity contribution in [3.05, 3.63) is 99.1 Å². The molecule has 4 aromatic rings. The minimum absolute atomic E-state index is 0.350. The molecule has 1 heterocycles. The normalized spacial score (nSPS) is 11.2. The molecule has 0 radical (unpaired) electrons. The molecule has 5 nitrogen and oxygen atoms in total. The summed E-state index contributed by atoms with van der Waals surface area (Å²) in [5.74, 6) is 0.131. The fourth-order valence-corrected chi connectivity index (χ4v) is 3.99. The SMILES string of the molecule is COc1ccc(Br)cc1C(=O)N/N=C\c1cn(Cc2cccc(Cl)c2)c2ccccc12. The molecule has 0 saturated carbocycles. The maximum atomic E-state index is 12.6. The van der Waals surface area contributed by atoms with Gasteiger partial charge in [-0.05, 0) is 42.0 Å². The Balaban J connectivity index is 1.58. The third-order valence-electron chi connectivity index (χ3n) is 4.84. The molecule has 0 aliphatic rings. The number of methoxy groups -OCH3 is 1. The van der Waals surface area contributed by atoms with Crippen LogP contribution in [-0.2, 0) is 6.54 Å². The van der Waals surface area contributed by atoms with E-state index in [1.165, 1.54) is 7.11 Å². The number of hydrogen-bond acceptors (Lipinski definition) is 3. The van der Waals surface area contributed by atoms with E-state index < -0.39 is 0 Å². The second kappa shape index (κ2) is 9.37. The summed E-state index contributed by atoms with van der Waals surface area (Å²) in [7, 11) is 1.53. The zero-order valence-electron chi connectivity index (χ0n) is 16.7. The van der Waals surface area contributed by atoms with Gasteiger partial charge in [-0.2, -0.15) is 5.10 Å². The van der Waals surface area contributed by atoms with Crippen molar-refractivity contribution in [3.8, 4) is 5.75 Å². The lowest BCUT2D eigenvalue weighted by atomic mass is 10.2. The monoisotopic (exact) mass is 495 g/mol. The largest absolute Gasteiger partial charge is 0.496 e. The van der Waals surface area contributed by atoms with E-state index in [9.17, 15) is 4.79 Å². The fourth-order valence-electron chi connectivity index (χ4n) is 3.42. The third kappa shape index (κ3) is 4.81. The number of hydrogen-bond donors (Lipinski definition) is 1. The van der Waals surface area contributed by atoms with E-state index >= 15 is 0 Å². The van der Waals surface area contributed by atoms with Crippen LogP contribution in [0.5, 0.6) is 5.75 Å². The number of rotatable bonds is 6. The Morgan fingerprint density at radius 3 is 2.81 bits per heavy atom. The van der Waals surface area contributed by atoms with Gasteiger partial charge in [-0.25, -0.2) is 5.43 Å². The van der Waals surface area contributed by atoms with Crippen molar-refractivity contribution in [1.29, 1.82) is 0 Å². The number of aromatic nitrogens is 1. The number of ether oxygens (including phenoxy) is 1. The van der Waals surface area contributed by atoms with Gasteiger partial charge in [0.05, 0.1) is 18.9 Å². The first kappa shape index (κ1) is 21.2. The van der Waals surface area contributed by atoms with Gasteiger partial charge in [-0.1, -0.05) is 57.9 Å². The molecule has 156 valence electrons. The van der Waals surface area contributed by atoms with Gasteiger partial charge in [0.1, 0.15) is 5.75 Å². The van der Waals surface area contributed by atoms with Gasteiger partial charge < -0.3 is 9.30 Å². The lowest BCUT2D eigenvalue weighted by Gasteiger charge is -2.07. The van der Waals surface area contributed by atoms with Crippen molar-refractivity contribution in [2.45, 2.75) is 6.54 Å². The van der Waals surface area contributed by atoms with Gasteiger partial charge in [0.2, 0.25) is 0 Å². The molecule has 1 amide bonds. The molecule has 0 spiro atoms. The molecular weight excluding hydrogens is 478 g/mol. The highest BCUT2D eigenvalue weighted by Gasteiger charge is 2.12. The van der Waals surface area contributed by atoms with Crippen molar-refractivity contribution < 1.29 is 9.53 Å². The van der Waals surface area contributed by atoms with Gasteiger partial charge in [0.15, 0.2) is 0 Å². The number of carbonyl (C=O) groups excluding carboxylic acids is 1. The lowest BCUT2D eigenvalue weighted by molar-refractivity contribution is 0.0952. The molecule has 4 rings (SSSR count). The van der Waals surface area contributed by atoms with Crippen molar-refractivity contribution in [1.82, 2.24) is 9.99 Å². The Bertz CT molecular complexity index is 1280. The van der Waals surface area contributed by atoms with Crippen LogP contribution in [0.3, 0.4) is 0 Å². The number of nitrogens with zero attached hydrogens (tertiary/aromatic N) is 2. The molecule has 7 heteroatoms. The van der Waals surface area contributed by atoms with Crippen molar-refractivity contribution in [3.63, 3.8) is 0 Å². The fraction of sp³-hybridized carbons (Fsp3) is 0.0833. The van der Waals surface area contributed by atoms with E-state index in [0.717, 1.165) is 26.5 Å². The van der Waals surface area contributed by atoms with E-state index in [4.69, 9.17) is 16.3 Å². The minimum atomic E-state index is -0.350. The van der Waals surface area contributed by atoms with Crippen LogP contribution in [0.4, 0.5) is 0 Å². The average Bonchev–Trinajstić information content (AvgIpc) is 3.11. The first-order valence-electron chi connectivity index (χ1n) is 9.54. The maximum Gasteiger partial charge on any atom is 0.275 e. The average molecular weight is 497 g/mol. The highest BCUT2D eigenvalue weighted by atomic mass is 79.9. The van der Waals surface area contributed by atoms with Crippen LogP contribution in [0.1, 0.15) is 21.5 Å². The summed E-state index contributed by atoms with van der Waals surface area (Å²) in [6, 6.07) is 21.1. The minimum Gasteiger partial charge on any atom is -0.496 e. The predicted octanol–water partition coefficient (Wildman–Crippen LogP) is 5.88. The summed E-state index contributed by atoms with van der Waals surface area (Å²) in [5, 5.41) is 5.93. The van der Waals surface area contributed by atoms with Gasteiger partial charge in [0, 0.05) is 38.7 Å². The molecular formula is C24H19BrClN3O2. The first-order valence-corrected chi connectivity index (χ1v) is 10.7. The molecule has 0 aliphatic carbocycles. The van der Waals surface area contributed by atoms with Crippen LogP contribution in [0.15, 0.2) is 82.5 Å². The molecule has 1 N–H and O–H groups in total. The van der Waals surface area contributed by atoms with E-state index in [1.807, 2.05) is 54.7 Å². The van der Waals surface area contributed by atoms with Crippen LogP contribution < -0.4 is 10.2 Å². The van der Waals surface area contributed by atoms with Crippen molar-refractivity contribution in [2.24, 2.45) is 5.10 Å². The molecule has 0 unspecified atom stereocenters. The lowest BCUT2D eigenvalue weighted by Crippen LogP contribution is -2.18. The van der Waals surface area contributed by atoms with Crippen LogP contribution in [-0.4, -0.2) is 23.8 Å². The Morgan fingerprint density at radius 1 is 1.16 bits per heavy atom. The van der Waals surface area contributed by atoms with Gasteiger partial charge in [0.25, 0.3) is 5.91 Å². The first-order chi connectivity index (χ1) is 15.0. The Hall–Kier alpha value is -3.09. The van der Waals surface area contributed by atoms with E-state index in [-0.39, 0.29) is 5.91 Å². The number of amides is 1. The third-order valence-corrected chi connectivity index (χ3v) is 5.57. The second-order valence-corrected chi connectivity index (χ2v) is 8.26. The highest BCUT2D eigenvalue weighted by molar-refractivity contribution is 9.10. The zero-order valence-corrected chi connectivity index (χ0v) is 19.0. The summed E-state index contributed by atoms with van der Waals surface area (Å²) in [4.78, 5) is 12.6. The van der Waals surface area contributed by atoms with Crippen LogP contribution in [0, 0.1) is 0 Å². The van der Waals surface area contributed by atoms with E-state index in [2.05, 4.69) is 37.1 Å². The van der Waals surface area contributed by atoms with Crippen molar-refractivity contribution >= 4 is 50.6 Å². The topological polar surface area (TPSA) is 55.6 Å². The van der Waals surface area contributed by atoms with Crippen LogP contribution >= 0.6 is 27.5 Å². The maximum absolute atomic E-state index is 12.6. The van der Waals surface area contributed by atoms with Crippen LogP contribution in [0.2, 0.25) is 5.02 Å². The molecule has 3 aromatic carbocycles. The number of nitrogens with one attached hydrogen (secondary N) is 1. The quantitative estimate of drug-likeness (QED) is 0.268. The molecule has 0 atom stereocenters. The summed E-state index contributed by atoms with van der Waals surface area (Å²) >= 11 is 9.51. The highest BCUT2D eigenvalue weighted by Crippen LogP contribution is 2.24. The Morgan fingerprint density at radius 2 is 2.00 bits per heavy atom. The number of para-hydroxylation sites is 1. The summed E-state index contributed by atoms with van der Waals surface area (Å²) in [6.07, 6.45) is 3.67. The number of carbonyl (C=O) groups is 1. The Kier molecular flexibility index (Phi) is 6.39. The number of halogens is 2. The predicted molar refractivity (Wildman–Crippen MR) is 128 cm³/mol. The summed E-state index contributed by atoms with van der Waals surface area (Å²) < 4.78 is 8.19. The van der Waals surface area contributed by atoms with Gasteiger partial charge in [-0.15, -0.1) is 0 Å². The van der Waals surface area contributed by atoms with E-state index in [1.54, 1.807) is 18.3 Å². The molecule has 0 bridgehead atoms. The summed E-state index contributed by atoms with van der Waals surface area (Å²) in [5.41, 5.74) is 6.06. The molecule has 31 heavy (non-hydrogen) atoms. The second-order valence-electron chi connectivity index (χ2n) is 6.90. The Labute approximate surface area is 193 Å². The molecule has 0 saturated heterocycles. The van der Waals surface area contributed by atoms with Gasteiger partial charge in [-0.3, -0.25) is 4.79 Å². The zero-order chi connectivity index (χ0) is 21.8. The van der Waals surface area contributed by atoms with E-state index in [0.29, 0.717) is 22.9 Å². The summed E-state index contributed by atoms with van der Waals surface area (Å²) in [6.45, 7) is 0.677. The molecule has 0 fully saturated rings. The van der Waals surface area contributed by atoms with Crippen LogP contribution in [0.25, 0.3) is 10.9 Å². The van der Waals surface area contributed by atoms with Gasteiger partial charge >= 0.3 is 0 Å². The number of benzene rings is 3. The number of hydrazone groups is 1.